The van der Waals surface area contributed by atoms with Crippen LogP contribution in [0.1, 0.15) is 34.3 Å². The highest BCUT2D eigenvalue weighted by molar-refractivity contribution is 7.10. The van der Waals surface area contributed by atoms with Crippen LogP contribution in [0.25, 0.3) is 11.4 Å². The first-order chi connectivity index (χ1) is 12.6. The second-order valence-corrected chi connectivity index (χ2v) is 7.74. The number of aromatic amines is 1. The standard InChI is InChI=1S/C19H22N4O2S/c1-22-8-2-4-16(22)14-12-15(21-20-14)19(25)23-9-6-13(7-10-23)18(24)17-5-3-11-26-17/h2-5,8,11-13,18,24H,6-7,9-10H2,1H3,(H,20,21). The number of nitrogens with one attached hydrogen (secondary N) is 1. The summed E-state index contributed by atoms with van der Waals surface area (Å²) in [7, 11) is 1.95. The number of hydrogen-bond acceptors (Lipinski definition) is 4. The Kier molecular flexibility index (Phi) is 4.65. The largest absolute Gasteiger partial charge is 0.387 e. The van der Waals surface area contributed by atoms with Gasteiger partial charge in [0.05, 0.1) is 11.8 Å². The molecule has 136 valence electrons. The zero-order valence-corrected chi connectivity index (χ0v) is 15.4. The fourth-order valence-electron chi connectivity index (χ4n) is 3.57. The van der Waals surface area contributed by atoms with E-state index in [2.05, 4.69) is 10.2 Å². The van der Waals surface area contributed by atoms with Crippen LogP contribution in [0.3, 0.4) is 0 Å². The maximum atomic E-state index is 12.8. The van der Waals surface area contributed by atoms with Crippen molar-refractivity contribution in [2.75, 3.05) is 13.1 Å². The second kappa shape index (κ2) is 7.09. The predicted octanol–water partition coefficient (Wildman–Crippen LogP) is 3.06. The highest BCUT2D eigenvalue weighted by Gasteiger charge is 2.29. The third-order valence-electron chi connectivity index (χ3n) is 5.12. The zero-order chi connectivity index (χ0) is 18.1. The first-order valence-corrected chi connectivity index (χ1v) is 9.69. The lowest BCUT2D eigenvalue weighted by Gasteiger charge is -2.33. The Morgan fingerprint density at radius 3 is 2.81 bits per heavy atom. The van der Waals surface area contributed by atoms with Crippen molar-refractivity contribution in [1.29, 1.82) is 0 Å². The molecule has 1 aliphatic rings. The van der Waals surface area contributed by atoms with E-state index >= 15 is 0 Å². The molecule has 1 saturated heterocycles. The van der Waals surface area contributed by atoms with Crippen molar-refractivity contribution in [3.63, 3.8) is 0 Å². The molecule has 1 amide bonds. The van der Waals surface area contributed by atoms with E-state index in [1.807, 2.05) is 58.4 Å². The number of aryl methyl sites for hydroxylation is 1. The van der Waals surface area contributed by atoms with Gasteiger partial charge in [0.1, 0.15) is 11.4 Å². The van der Waals surface area contributed by atoms with Gasteiger partial charge in [0.2, 0.25) is 0 Å². The lowest BCUT2D eigenvalue weighted by Crippen LogP contribution is -2.39. The first-order valence-electron chi connectivity index (χ1n) is 8.81. The van der Waals surface area contributed by atoms with Crippen LogP contribution in [0.4, 0.5) is 0 Å². The van der Waals surface area contributed by atoms with Crippen molar-refractivity contribution in [2.24, 2.45) is 13.0 Å². The third kappa shape index (κ3) is 3.20. The van der Waals surface area contributed by atoms with E-state index in [1.54, 1.807) is 11.3 Å². The number of thiophene rings is 1. The predicted molar refractivity (Wildman–Crippen MR) is 101 cm³/mol. The molecular weight excluding hydrogens is 348 g/mol. The van der Waals surface area contributed by atoms with Crippen LogP contribution in [-0.4, -0.2) is 43.8 Å². The number of H-pyrrole nitrogens is 1. The van der Waals surface area contributed by atoms with Crippen LogP contribution in [0.5, 0.6) is 0 Å². The topological polar surface area (TPSA) is 74.2 Å². The molecule has 1 atom stereocenters. The van der Waals surface area contributed by atoms with Crippen LogP contribution < -0.4 is 0 Å². The Balaban J connectivity index is 1.40. The number of hydrogen-bond donors (Lipinski definition) is 2. The fourth-order valence-corrected chi connectivity index (χ4v) is 4.37. The average molecular weight is 370 g/mol. The summed E-state index contributed by atoms with van der Waals surface area (Å²) in [4.78, 5) is 15.6. The Morgan fingerprint density at radius 2 is 2.15 bits per heavy atom. The molecule has 1 fully saturated rings. The van der Waals surface area contributed by atoms with Gasteiger partial charge < -0.3 is 14.6 Å². The molecule has 26 heavy (non-hydrogen) atoms. The Hall–Kier alpha value is -2.38. The van der Waals surface area contributed by atoms with Crippen molar-refractivity contribution in [3.8, 4) is 11.4 Å². The number of aliphatic hydroxyl groups is 1. The van der Waals surface area contributed by atoms with E-state index in [0.29, 0.717) is 18.8 Å². The molecule has 6 nitrogen and oxygen atoms in total. The summed E-state index contributed by atoms with van der Waals surface area (Å²) in [6.07, 6.45) is 3.14. The summed E-state index contributed by atoms with van der Waals surface area (Å²) < 4.78 is 1.97. The summed E-state index contributed by atoms with van der Waals surface area (Å²) in [5.74, 6) is 0.181. The van der Waals surface area contributed by atoms with Crippen molar-refractivity contribution < 1.29 is 9.90 Å². The molecule has 2 N–H and O–H groups in total. The van der Waals surface area contributed by atoms with Crippen LogP contribution in [0, 0.1) is 5.92 Å². The summed E-state index contributed by atoms with van der Waals surface area (Å²) in [6.45, 7) is 1.31. The van der Waals surface area contributed by atoms with Gasteiger partial charge in [0.15, 0.2) is 0 Å². The normalized spacial score (nSPS) is 16.8. The highest BCUT2D eigenvalue weighted by Crippen LogP contribution is 2.33. The average Bonchev–Trinajstić information content (AvgIpc) is 3.41. The molecule has 0 radical (unpaired) electrons. The van der Waals surface area contributed by atoms with E-state index < -0.39 is 6.10 Å². The minimum absolute atomic E-state index is 0.0259. The lowest BCUT2D eigenvalue weighted by atomic mass is 9.90. The van der Waals surface area contributed by atoms with E-state index in [0.717, 1.165) is 29.1 Å². The quantitative estimate of drug-likeness (QED) is 0.741. The van der Waals surface area contributed by atoms with Crippen molar-refractivity contribution in [2.45, 2.75) is 18.9 Å². The number of likely N-dealkylation sites (tertiary alicyclic amines) is 1. The molecule has 0 aliphatic carbocycles. The number of piperidine rings is 1. The molecule has 4 heterocycles. The summed E-state index contributed by atoms with van der Waals surface area (Å²) >= 11 is 1.59. The number of amides is 1. The molecule has 0 aromatic carbocycles. The number of carbonyl (C=O) groups excluding carboxylic acids is 1. The Morgan fingerprint density at radius 1 is 1.35 bits per heavy atom. The van der Waals surface area contributed by atoms with Crippen LogP contribution in [0.15, 0.2) is 41.9 Å². The molecule has 0 spiro atoms. The molecule has 7 heteroatoms. The Bertz CT molecular complexity index is 875. The minimum atomic E-state index is -0.427. The van der Waals surface area contributed by atoms with Gasteiger partial charge in [-0.3, -0.25) is 9.89 Å². The number of aromatic nitrogens is 3. The van der Waals surface area contributed by atoms with Gasteiger partial charge in [0, 0.05) is 31.2 Å². The van der Waals surface area contributed by atoms with E-state index in [9.17, 15) is 9.90 Å². The highest BCUT2D eigenvalue weighted by atomic mass is 32.1. The molecule has 0 saturated carbocycles. The summed E-state index contributed by atoms with van der Waals surface area (Å²) in [5.41, 5.74) is 2.25. The van der Waals surface area contributed by atoms with Gasteiger partial charge in [-0.2, -0.15) is 5.10 Å². The number of rotatable bonds is 4. The molecule has 3 aromatic heterocycles. The minimum Gasteiger partial charge on any atom is -0.387 e. The second-order valence-electron chi connectivity index (χ2n) is 6.76. The Labute approximate surface area is 156 Å². The van der Waals surface area contributed by atoms with Crippen LogP contribution in [0.2, 0.25) is 0 Å². The van der Waals surface area contributed by atoms with Gasteiger partial charge in [0.25, 0.3) is 5.91 Å². The fraction of sp³-hybridized carbons (Fsp3) is 0.368. The van der Waals surface area contributed by atoms with Crippen molar-refractivity contribution in [3.05, 3.63) is 52.5 Å². The first kappa shape index (κ1) is 17.1. The van der Waals surface area contributed by atoms with E-state index in [-0.39, 0.29) is 11.8 Å². The maximum Gasteiger partial charge on any atom is 0.271 e. The SMILES string of the molecule is Cn1cccc1-c1cc(C(=O)N2CCC(C(O)c3cccs3)CC2)[nH]n1. The molecule has 1 unspecified atom stereocenters. The van der Waals surface area contributed by atoms with Gasteiger partial charge in [-0.05, 0) is 48.4 Å². The number of nitrogens with zero attached hydrogens (tertiary/aromatic N) is 3. The molecule has 1 aliphatic heterocycles. The van der Waals surface area contributed by atoms with Gasteiger partial charge in [-0.15, -0.1) is 11.3 Å². The van der Waals surface area contributed by atoms with Gasteiger partial charge in [-0.1, -0.05) is 6.07 Å². The third-order valence-corrected chi connectivity index (χ3v) is 6.07. The molecular formula is C19H22N4O2S. The monoisotopic (exact) mass is 370 g/mol. The number of aliphatic hydroxyl groups excluding tert-OH is 1. The van der Waals surface area contributed by atoms with Gasteiger partial charge in [-0.25, -0.2) is 0 Å². The van der Waals surface area contributed by atoms with Crippen LogP contribution in [-0.2, 0) is 7.05 Å². The van der Waals surface area contributed by atoms with E-state index in [4.69, 9.17) is 0 Å². The van der Waals surface area contributed by atoms with Crippen molar-refractivity contribution in [1.82, 2.24) is 19.7 Å². The summed E-state index contributed by atoms with van der Waals surface area (Å²) in [5, 5.41) is 19.6. The zero-order valence-electron chi connectivity index (χ0n) is 14.6. The van der Waals surface area contributed by atoms with Crippen molar-refractivity contribution >= 4 is 17.2 Å². The van der Waals surface area contributed by atoms with Gasteiger partial charge >= 0.3 is 0 Å². The lowest BCUT2D eigenvalue weighted by molar-refractivity contribution is 0.0470. The van der Waals surface area contributed by atoms with Crippen LogP contribution >= 0.6 is 11.3 Å². The molecule has 4 rings (SSSR count). The maximum absolute atomic E-state index is 12.8. The molecule has 0 bridgehead atoms. The summed E-state index contributed by atoms with van der Waals surface area (Å²) in [6, 6.07) is 9.67. The number of carbonyl (C=O) groups is 1. The smallest absolute Gasteiger partial charge is 0.271 e. The molecule has 3 aromatic rings. The van der Waals surface area contributed by atoms with E-state index in [1.165, 1.54) is 0 Å².